The van der Waals surface area contributed by atoms with Gasteiger partial charge in [-0.1, -0.05) is 72.8 Å². The number of piperazine rings is 1. The smallest absolute Gasteiger partial charge is 0.274 e. The van der Waals surface area contributed by atoms with E-state index in [2.05, 4.69) is 76.5 Å². The van der Waals surface area contributed by atoms with E-state index >= 15 is 0 Å². The van der Waals surface area contributed by atoms with Crippen molar-refractivity contribution in [2.45, 2.75) is 13.0 Å². The summed E-state index contributed by atoms with van der Waals surface area (Å²) in [5.41, 5.74) is 6.86. The van der Waals surface area contributed by atoms with Gasteiger partial charge in [-0.25, -0.2) is 5.48 Å². The number of nitrogens with one attached hydrogen (secondary N) is 1. The summed E-state index contributed by atoms with van der Waals surface area (Å²) >= 11 is 0. The van der Waals surface area contributed by atoms with Crippen LogP contribution in [0.25, 0.3) is 21.9 Å². The minimum Gasteiger partial charge on any atom is -0.300 e. The molecule has 5 heteroatoms. The summed E-state index contributed by atoms with van der Waals surface area (Å²) in [6.07, 6.45) is 1.08. The van der Waals surface area contributed by atoms with Gasteiger partial charge in [-0.15, -0.1) is 0 Å². The van der Waals surface area contributed by atoms with Gasteiger partial charge in [-0.05, 0) is 57.6 Å². The third-order valence-corrected chi connectivity index (χ3v) is 6.89. The topological polar surface area (TPSA) is 55.8 Å². The highest BCUT2D eigenvalue weighted by Crippen LogP contribution is 2.23. The maximum Gasteiger partial charge on any atom is 0.274 e. The van der Waals surface area contributed by atoms with Crippen molar-refractivity contribution in [2.24, 2.45) is 0 Å². The third-order valence-electron chi connectivity index (χ3n) is 6.89. The van der Waals surface area contributed by atoms with Gasteiger partial charge in [-0.2, -0.15) is 0 Å². The van der Waals surface area contributed by atoms with Crippen molar-refractivity contribution in [3.8, 4) is 11.1 Å². The number of nitrogens with zero attached hydrogens (tertiary/aromatic N) is 2. The van der Waals surface area contributed by atoms with E-state index in [1.165, 1.54) is 21.9 Å². The van der Waals surface area contributed by atoms with Crippen molar-refractivity contribution in [3.05, 3.63) is 108 Å². The van der Waals surface area contributed by atoms with Gasteiger partial charge in [-0.3, -0.25) is 14.9 Å². The Hall–Kier alpha value is -3.51. The van der Waals surface area contributed by atoms with E-state index in [1.807, 2.05) is 12.1 Å². The molecule has 178 valence electrons. The zero-order valence-corrected chi connectivity index (χ0v) is 19.9. The van der Waals surface area contributed by atoms with Crippen LogP contribution in [-0.2, 0) is 13.0 Å². The van der Waals surface area contributed by atoms with Crippen LogP contribution < -0.4 is 5.48 Å². The fourth-order valence-electron chi connectivity index (χ4n) is 4.86. The number of fused-ring (bicyclic) bond motifs is 1. The molecule has 4 aromatic rings. The van der Waals surface area contributed by atoms with E-state index in [0.29, 0.717) is 5.56 Å². The molecule has 1 saturated heterocycles. The average Bonchev–Trinajstić information content (AvgIpc) is 2.92. The Kier molecular flexibility index (Phi) is 7.19. The lowest BCUT2D eigenvalue weighted by Gasteiger charge is -2.34. The minimum atomic E-state index is -0.499. The quantitative estimate of drug-likeness (QED) is 0.298. The van der Waals surface area contributed by atoms with Crippen molar-refractivity contribution in [1.29, 1.82) is 0 Å². The number of carbonyl (C=O) groups is 1. The summed E-state index contributed by atoms with van der Waals surface area (Å²) in [4.78, 5) is 16.8. The predicted octanol–water partition coefficient (Wildman–Crippen LogP) is 4.99. The summed E-state index contributed by atoms with van der Waals surface area (Å²) in [6.45, 7) is 6.32. The van der Waals surface area contributed by atoms with Crippen molar-refractivity contribution in [1.82, 2.24) is 15.3 Å². The molecule has 5 rings (SSSR count). The predicted molar refractivity (Wildman–Crippen MR) is 140 cm³/mol. The number of carbonyl (C=O) groups excluding carboxylic acids is 1. The fourth-order valence-corrected chi connectivity index (χ4v) is 4.86. The zero-order chi connectivity index (χ0) is 24.0. The molecule has 1 aliphatic rings. The zero-order valence-electron chi connectivity index (χ0n) is 19.9. The molecule has 0 saturated carbocycles. The number of rotatable bonds is 7. The Labute approximate surface area is 206 Å². The van der Waals surface area contributed by atoms with Crippen LogP contribution in [0.4, 0.5) is 0 Å². The SMILES string of the molecule is O=C(NO)c1cccc(-c2cccc(CN3CCN(CCc4ccc5ccccc5c4)CC3)c2)c1. The lowest BCUT2D eigenvalue weighted by molar-refractivity contribution is 0.0706. The first-order valence-corrected chi connectivity index (χ1v) is 12.2. The summed E-state index contributed by atoms with van der Waals surface area (Å²) < 4.78 is 0. The Balaban J connectivity index is 1.14. The molecule has 5 nitrogen and oxygen atoms in total. The Morgan fingerprint density at radius 3 is 2.23 bits per heavy atom. The van der Waals surface area contributed by atoms with Gasteiger partial charge < -0.3 is 4.90 Å². The number of hydrogen-bond acceptors (Lipinski definition) is 4. The fraction of sp³-hybridized carbons (Fsp3) is 0.233. The second-order valence-electron chi connectivity index (χ2n) is 9.27. The number of benzene rings is 4. The number of hydrogen-bond donors (Lipinski definition) is 2. The van der Waals surface area contributed by atoms with Crippen LogP contribution in [0.15, 0.2) is 91.0 Å². The van der Waals surface area contributed by atoms with E-state index in [4.69, 9.17) is 5.21 Å². The van der Waals surface area contributed by atoms with Crippen LogP contribution in [-0.4, -0.2) is 53.6 Å². The standard InChI is InChI=1S/C30H31N3O2/c34-30(31-35)29-10-4-9-28(21-29)27-8-3-5-24(20-27)22-33-17-15-32(16-18-33)14-13-23-11-12-25-6-1-2-7-26(25)19-23/h1-12,19-21,35H,13-18,22H2,(H,31,34). The lowest BCUT2D eigenvalue weighted by Crippen LogP contribution is -2.46. The maximum atomic E-state index is 11.8. The molecule has 0 atom stereocenters. The van der Waals surface area contributed by atoms with Crippen molar-refractivity contribution >= 4 is 16.7 Å². The molecular weight excluding hydrogens is 434 g/mol. The molecule has 1 aliphatic heterocycles. The second-order valence-corrected chi connectivity index (χ2v) is 9.27. The van der Waals surface area contributed by atoms with Crippen LogP contribution >= 0.6 is 0 Å². The van der Waals surface area contributed by atoms with Gasteiger partial charge in [0.2, 0.25) is 0 Å². The Bertz CT molecular complexity index is 1310. The number of amides is 1. The third kappa shape index (κ3) is 5.77. The Morgan fingerprint density at radius 1 is 0.714 bits per heavy atom. The molecule has 0 unspecified atom stereocenters. The van der Waals surface area contributed by atoms with Gasteiger partial charge in [0.25, 0.3) is 5.91 Å². The first-order valence-electron chi connectivity index (χ1n) is 12.2. The van der Waals surface area contributed by atoms with Gasteiger partial charge in [0.15, 0.2) is 0 Å². The van der Waals surface area contributed by atoms with Crippen LogP contribution in [0.5, 0.6) is 0 Å². The highest BCUT2D eigenvalue weighted by molar-refractivity contribution is 5.94. The summed E-state index contributed by atoms with van der Waals surface area (Å²) in [7, 11) is 0. The van der Waals surface area contributed by atoms with Crippen LogP contribution in [0.3, 0.4) is 0 Å². The summed E-state index contributed by atoms with van der Waals surface area (Å²) in [5.74, 6) is -0.499. The van der Waals surface area contributed by atoms with Crippen LogP contribution in [0.1, 0.15) is 21.5 Å². The molecule has 1 fully saturated rings. The molecule has 1 heterocycles. The maximum absolute atomic E-state index is 11.8. The molecule has 1 amide bonds. The van der Waals surface area contributed by atoms with Crippen molar-refractivity contribution in [3.63, 3.8) is 0 Å². The molecule has 0 spiro atoms. The van der Waals surface area contributed by atoms with Crippen molar-refractivity contribution < 1.29 is 10.0 Å². The van der Waals surface area contributed by atoms with Crippen LogP contribution in [0, 0.1) is 0 Å². The monoisotopic (exact) mass is 465 g/mol. The molecule has 0 aromatic heterocycles. The first kappa shape index (κ1) is 23.2. The highest BCUT2D eigenvalue weighted by Gasteiger charge is 2.17. The first-order chi connectivity index (χ1) is 17.2. The second kappa shape index (κ2) is 10.8. The van der Waals surface area contributed by atoms with Gasteiger partial charge in [0.05, 0.1) is 0 Å². The molecule has 4 aromatic carbocycles. The van der Waals surface area contributed by atoms with E-state index < -0.39 is 5.91 Å². The minimum absolute atomic E-state index is 0.440. The van der Waals surface area contributed by atoms with E-state index in [9.17, 15) is 4.79 Å². The van der Waals surface area contributed by atoms with E-state index in [0.717, 1.165) is 56.8 Å². The largest absolute Gasteiger partial charge is 0.300 e. The average molecular weight is 466 g/mol. The lowest BCUT2D eigenvalue weighted by atomic mass is 10.0. The molecule has 2 N–H and O–H groups in total. The highest BCUT2D eigenvalue weighted by atomic mass is 16.5. The summed E-state index contributed by atoms with van der Waals surface area (Å²) in [5, 5.41) is 11.5. The van der Waals surface area contributed by atoms with Crippen molar-refractivity contribution in [2.75, 3.05) is 32.7 Å². The van der Waals surface area contributed by atoms with Gasteiger partial charge >= 0.3 is 0 Å². The molecule has 0 aliphatic carbocycles. The van der Waals surface area contributed by atoms with Crippen LogP contribution in [0.2, 0.25) is 0 Å². The molecule has 0 bridgehead atoms. The molecular formula is C30H31N3O2. The van der Waals surface area contributed by atoms with E-state index in [1.54, 1.807) is 17.6 Å². The van der Waals surface area contributed by atoms with Gasteiger partial charge in [0, 0.05) is 44.8 Å². The summed E-state index contributed by atoms with van der Waals surface area (Å²) in [6, 6.07) is 31.2. The number of hydroxylamine groups is 1. The van der Waals surface area contributed by atoms with Gasteiger partial charge in [0.1, 0.15) is 0 Å². The van der Waals surface area contributed by atoms with E-state index in [-0.39, 0.29) is 0 Å². The Morgan fingerprint density at radius 2 is 1.43 bits per heavy atom. The molecule has 0 radical (unpaired) electrons. The normalized spacial score (nSPS) is 14.8. The molecule has 35 heavy (non-hydrogen) atoms.